The van der Waals surface area contributed by atoms with E-state index in [1.54, 1.807) is 50.2 Å². The van der Waals surface area contributed by atoms with E-state index in [2.05, 4.69) is 86.8 Å². The number of benzene rings is 7. The lowest BCUT2D eigenvalue weighted by molar-refractivity contribution is -0.138. The average molecular weight is 1090 g/mol. The van der Waals surface area contributed by atoms with Crippen LogP contribution >= 0.6 is 51.5 Å². The van der Waals surface area contributed by atoms with Gasteiger partial charge in [0.2, 0.25) is 9.23 Å². The van der Waals surface area contributed by atoms with Gasteiger partial charge in [0.25, 0.3) is 11.6 Å². The Balaban J connectivity index is 0.000000381. The second-order valence-electron chi connectivity index (χ2n) is 12.7. The van der Waals surface area contributed by atoms with Gasteiger partial charge >= 0.3 is 23.3 Å². The number of hydrogen-bond donors (Lipinski definition) is 0. The van der Waals surface area contributed by atoms with E-state index < -0.39 is 44.1 Å². The molecule has 0 aromatic heterocycles. The van der Waals surface area contributed by atoms with Crippen LogP contribution in [-0.4, -0.2) is 52.3 Å². The van der Waals surface area contributed by atoms with E-state index in [-0.39, 0.29) is 47.6 Å². The summed E-state index contributed by atoms with van der Waals surface area (Å²) >= 11 is -1.72. The summed E-state index contributed by atoms with van der Waals surface area (Å²) in [5.41, 5.74) is 0.551. The van der Waals surface area contributed by atoms with Crippen LogP contribution in [0.1, 0.15) is 34.6 Å². The average Bonchev–Trinajstić information content (AvgIpc) is 3.34. The van der Waals surface area contributed by atoms with Crippen molar-refractivity contribution in [3.63, 3.8) is 0 Å². The standard InChI is InChI=1S/C28H23O4S.C16H14O4.C6H6.Al.Cl2OS.4ClH/c1-2-31-28(30)27(29)21-13-15-22(16-14-21)32-23-17-19-26(20-18-23)33(24-9-5-3-6-10-24)25-11-7-4-8-12-25;1-2-19-16(18)15(17)12-8-10-14(11-9-12)20-13-6-4-3-5-7-13;1-2-4-6-5-3-1;;1-4(2)3;;;;/h3-20H,2H2,1H3;3-11H,2H2,1H3;1-6H;;;4*1H/q+1;;;+3;;;;;/p-4. The van der Waals surface area contributed by atoms with Crippen LogP contribution in [-0.2, 0) is 39.2 Å². The zero-order valence-corrected chi connectivity index (χ0v) is 43.6. The molecule has 9 nitrogen and oxygen atoms in total. The summed E-state index contributed by atoms with van der Waals surface area (Å²) in [7, 11) is 22.0. The molecule has 0 bridgehead atoms. The summed E-state index contributed by atoms with van der Waals surface area (Å²) in [6.07, 6.45) is 0. The highest BCUT2D eigenvalue weighted by atomic mass is 36.0. The monoisotopic (exact) mass is 1090 g/mol. The summed E-state index contributed by atoms with van der Waals surface area (Å²) < 4.78 is 30.0. The molecule has 0 unspecified atom stereocenters. The Morgan fingerprint density at radius 2 is 0.676 bits per heavy atom. The molecule has 0 spiro atoms. The van der Waals surface area contributed by atoms with Crippen molar-refractivity contribution in [1.82, 2.24) is 0 Å². The van der Waals surface area contributed by atoms with Gasteiger partial charge in [0.05, 0.1) is 24.1 Å². The molecule has 0 saturated heterocycles. The van der Waals surface area contributed by atoms with Crippen LogP contribution in [0.25, 0.3) is 0 Å². The molecule has 7 aromatic carbocycles. The highest BCUT2D eigenvalue weighted by Gasteiger charge is 2.28. The molecule has 0 aliphatic carbocycles. The first-order chi connectivity index (χ1) is 32.3. The maximum atomic E-state index is 12.0. The predicted octanol–water partition coefficient (Wildman–Crippen LogP) is 11.0. The maximum absolute atomic E-state index is 12.0. The van der Waals surface area contributed by atoms with Gasteiger partial charge in [-0.05, 0) is 123 Å². The molecule has 0 aliphatic heterocycles. The third kappa shape index (κ3) is 23.5. The fourth-order valence-corrected chi connectivity index (χ4v) is 7.37. The van der Waals surface area contributed by atoms with Gasteiger partial charge in [-0.3, -0.25) is 9.59 Å². The van der Waals surface area contributed by atoms with Crippen molar-refractivity contribution < 1.29 is 54.7 Å². The van der Waals surface area contributed by atoms with E-state index in [0.29, 0.717) is 23.0 Å². The lowest BCUT2D eigenvalue weighted by Gasteiger charge is -2.10. The van der Waals surface area contributed by atoms with Gasteiger partial charge in [-0.1, -0.05) is 91.0 Å². The Bertz CT molecular complexity index is 2460. The minimum atomic E-state index is -1.72. The summed E-state index contributed by atoms with van der Waals surface area (Å²) in [6.45, 7) is 3.66. The lowest BCUT2D eigenvalue weighted by atomic mass is 10.1. The van der Waals surface area contributed by atoms with Crippen molar-refractivity contribution in [2.75, 3.05) is 13.2 Å². The van der Waals surface area contributed by atoms with Gasteiger partial charge in [0, 0.05) is 32.5 Å². The van der Waals surface area contributed by atoms with Gasteiger partial charge in [-0.2, -0.15) is 0 Å². The smallest absolute Gasteiger partial charge is 0.643 e. The SMILES string of the molecule is CCOC(=O)C(=O)c1ccc(Oc2ccc([S+](c3ccccc3)c3ccccc3)cc2)cc1.CCOC(=O)C(=O)c1ccc(Oc2ccccc2)cc1.O=S(Cl)Cl.[Cl-].[Cl][Al]([Cl])[Cl].c1ccccc1. The summed E-state index contributed by atoms with van der Waals surface area (Å²) in [6, 6.07) is 63.1. The fraction of sp³-hybridized carbons (Fsp3) is 0.0800. The van der Waals surface area contributed by atoms with Crippen molar-refractivity contribution in [2.24, 2.45) is 0 Å². The lowest BCUT2D eigenvalue weighted by Crippen LogP contribution is -3.00. The molecule has 0 saturated carbocycles. The first-order valence-electron chi connectivity index (χ1n) is 20.0. The second kappa shape index (κ2) is 34.5. The molecule has 0 heterocycles. The topological polar surface area (TPSA) is 122 Å². The normalized spacial score (nSPS) is 9.66. The number of ether oxygens (including phenoxy) is 4. The van der Waals surface area contributed by atoms with Gasteiger partial charge in [-0.25, -0.2) is 43.9 Å². The van der Waals surface area contributed by atoms with Crippen molar-refractivity contribution in [3.05, 3.63) is 211 Å². The van der Waals surface area contributed by atoms with Crippen LogP contribution in [0, 0.1) is 0 Å². The molecule has 354 valence electrons. The summed E-state index contributed by atoms with van der Waals surface area (Å²) in [5.74, 6) is -0.451. The molecule has 7 aromatic rings. The van der Waals surface area contributed by atoms with E-state index in [0.717, 1.165) is 0 Å². The van der Waals surface area contributed by atoms with Gasteiger partial charge in [-0.15, -0.1) is 0 Å². The molecule has 0 radical (unpaired) electrons. The Morgan fingerprint density at radius 3 is 0.971 bits per heavy atom. The number of carbonyl (C=O) groups excluding carboxylic acids is 4. The molecule has 0 fully saturated rings. The number of Topliss-reactive ketones (excluding diaryl/α,β-unsaturated/α-hetero) is 2. The molecule has 7 rings (SSSR count). The number of esters is 2. The number of hydrogen-bond acceptors (Lipinski definition) is 9. The molecular formula is C50H43AlCl6O9S2. The Kier molecular flexibility index (Phi) is 30.1. The number of para-hydroxylation sites is 1. The summed E-state index contributed by atoms with van der Waals surface area (Å²) in [4.78, 5) is 50.3. The van der Waals surface area contributed by atoms with Crippen LogP contribution in [0.4, 0.5) is 0 Å². The minimum absolute atomic E-state index is 0. The van der Waals surface area contributed by atoms with Crippen molar-refractivity contribution in [3.8, 4) is 23.0 Å². The molecule has 0 atom stereocenters. The predicted molar refractivity (Wildman–Crippen MR) is 272 cm³/mol. The fourth-order valence-electron chi connectivity index (χ4n) is 5.29. The third-order valence-electron chi connectivity index (χ3n) is 8.05. The number of carbonyl (C=O) groups is 4. The molecule has 0 amide bonds. The highest BCUT2D eigenvalue weighted by Crippen LogP contribution is 2.33. The number of halogens is 6. The van der Waals surface area contributed by atoms with Gasteiger partial charge in [0.1, 0.15) is 23.0 Å². The van der Waals surface area contributed by atoms with Crippen molar-refractivity contribution >= 4 is 107 Å². The van der Waals surface area contributed by atoms with E-state index in [4.69, 9.17) is 48.6 Å². The highest BCUT2D eigenvalue weighted by molar-refractivity contribution is 8.26. The van der Waals surface area contributed by atoms with E-state index >= 15 is 0 Å². The molecule has 0 aliphatic rings. The van der Waals surface area contributed by atoms with Crippen LogP contribution in [0.15, 0.2) is 215 Å². The summed E-state index contributed by atoms with van der Waals surface area (Å²) in [5, 5.41) is 0. The Morgan fingerprint density at radius 1 is 0.441 bits per heavy atom. The minimum Gasteiger partial charge on any atom is -1.00 e. The van der Waals surface area contributed by atoms with Crippen LogP contribution in [0.5, 0.6) is 23.0 Å². The van der Waals surface area contributed by atoms with E-state index in [9.17, 15) is 19.2 Å². The zero-order valence-electron chi connectivity index (χ0n) is 36.3. The van der Waals surface area contributed by atoms with Gasteiger partial charge in [0.15, 0.2) is 14.7 Å². The Hall–Kier alpha value is -4.81. The van der Waals surface area contributed by atoms with Crippen LogP contribution in [0.3, 0.4) is 0 Å². The first-order valence-corrected chi connectivity index (χ1v) is 29.2. The third-order valence-corrected chi connectivity index (χ3v) is 10.3. The largest absolute Gasteiger partial charge is 1.00 e. The van der Waals surface area contributed by atoms with Crippen molar-refractivity contribution in [1.29, 1.82) is 0 Å². The Labute approximate surface area is 433 Å². The quantitative estimate of drug-likeness (QED) is 0.0277. The van der Waals surface area contributed by atoms with E-state index in [1.165, 1.54) is 26.8 Å². The maximum Gasteiger partial charge on any atom is 0.643 e. The molecule has 68 heavy (non-hydrogen) atoms. The van der Waals surface area contributed by atoms with Crippen LogP contribution < -0.4 is 21.9 Å². The first kappa shape index (κ1) is 59.3. The van der Waals surface area contributed by atoms with E-state index in [1.807, 2.05) is 91.0 Å². The number of ketones is 2. The molecular weight excluding hydrogens is 1050 g/mol. The molecule has 18 heteroatoms. The zero-order chi connectivity index (χ0) is 48.8. The molecule has 0 N–H and O–H groups in total. The second-order valence-corrected chi connectivity index (χ2v) is 23.6. The van der Waals surface area contributed by atoms with Gasteiger partial charge < -0.3 is 31.4 Å². The number of rotatable bonds is 13. The van der Waals surface area contributed by atoms with Crippen molar-refractivity contribution in [2.45, 2.75) is 28.5 Å². The van der Waals surface area contributed by atoms with Crippen LogP contribution in [0.2, 0.25) is 0 Å².